The van der Waals surface area contributed by atoms with Gasteiger partial charge in [0.25, 0.3) is 0 Å². The van der Waals surface area contributed by atoms with Gasteiger partial charge in [-0.3, -0.25) is 14.4 Å². The lowest BCUT2D eigenvalue weighted by atomic mass is 9.72. The highest BCUT2D eigenvalue weighted by Crippen LogP contribution is 2.41. The van der Waals surface area contributed by atoms with Gasteiger partial charge in [0.15, 0.2) is 0 Å². The van der Waals surface area contributed by atoms with Crippen LogP contribution in [0.1, 0.15) is 44.1 Å². The van der Waals surface area contributed by atoms with E-state index in [2.05, 4.69) is 21.1 Å². The molecule has 1 spiro atoms. The largest absolute Gasteiger partial charge is 0.342 e. The molecule has 3 aliphatic rings. The number of piperidine rings is 2. The third-order valence-corrected chi connectivity index (χ3v) is 6.00. The standard InChI is InChI=1S/C18H28N4O/c1-20-11-16(10-19-20)12-21-8-6-18(7-9-21)5-4-17(23)22(14-18)13-15-2-3-15/h10-11,15H,2-9,12-14H2,1H3. The van der Waals surface area contributed by atoms with E-state index in [1.54, 1.807) is 0 Å². The number of hydrogen-bond donors (Lipinski definition) is 0. The Bertz CT molecular complexity index is 569. The summed E-state index contributed by atoms with van der Waals surface area (Å²) in [4.78, 5) is 16.9. The molecule has 5 nitrogen and oxygen atoms in total. The number of amides is 1. The van der Waals surface area contributed by atoms with Crippen molar-refractivity contribution in [3.63, 3.8) is 0 Å². The van der Waals surface area contributed by atoms with Crippen LogP contribution in [0.2, 0.25) is 0 Å². The number of aromatic nitrogens is 2. The molecule has 1 amide bonds. The first kappa shape index (κ1) is 15.2. The van der Waals surface area contributed by atoms with Gasteiger partial charge in [0.1, 0.15) is 0 Å². The zero-order chi connectivity index (χ0) is 15.9. The lowest BCUT2D eigenvalue weighted by Crippen LogP contribution is -2.51. The van der Waals surface area contributed by atoms with E-state index in [4.69, 9.17) is 0 Å². The summed E-state index contributed by atoms with van der Waals surface area (Å²) < 4.78 is 1.88. The number of likely N-dealkylation sites (tertiary alicyclic amines) is 2. The minimum Gasteiger partial charge on any atom is -0.342 e. The molecule has 1 aromatic rings. The van der Waals surface area contributed by atoms with Gasteiger partial charge in [0.05, 0.1) is 6.20 Å². The van der Waals surface area contributed by atoms with Crippen molar-refractivity contribution in [1.82, 2.24) is 19.6 Å². The Balaban J connectivity index is 1.33. The summed E-state index contributed by atoms with van der Waals surface area (Å²) in [6.45, 7) is 5.36. The molecule has 5 heteroatoms. The first-order chi connectivity index (χ1) is 11.1. The quantitative estimate of drug-likeness (QED) is 0.853. The van der Waals surface area contributed by atoms with Gasteiger partial charge < -0.3 is 4.90 Å². The average molecular weight is 316 g/mol. The van der Waals surface area contributed by atoms with Gasteiger partial charge in [-0.05, 0) is 56.5 Å². The molecule has 0 bridgehead atoms. The smallest absolute Gasteiger partial charge is 0.222 e. The Labute approximate surface area is 138 Å². The minimum atomic E-state index is 0.397. The van der Waals surface area contributed by atoms with Crippen LogP contribution in [0, 0.1) is 11.3 Å². The van der Waals surface area contributed by atoms with Crippen LogP contribution < -0.4 is 0 Å². The van der Waals surface area contributed by atoms with Gasteiger partial charge in [-0.2, -0.15) is 5.10 Å². The Morgan fingerprint density at radius 3 is 2.70 bits per heavy atom. The third kappa shape index (κ3) is 3.44. The molecule has 126 valence electrons. The van der Waals surface area contributed by atoms with Crippen molar-refractivity contribution in [3.05, 3.63) is 18.0 Å². The Morgan fingerprint density at radius 2 is 2.04 bits per heavy atom. The molecule has 2 saturated heterocycles. The van der Waals surface area contributed by atoms with Crippen molar-refractivity contribution in [1.29, 1.82) is 0 Å². The van der Waals surface area contributed by atoms with E-state index in [0.29, 0.717) is 11.3 Å². The van der Waals surface area contributed by atoms with E-state index in [0.717, 1.165) is 51.5 Å². The van der Waals surface area contributed by atoms with E-state index in [9.17, 15) is 4.79 Å². The normalized spacial score (nSPS) is 25.3. The van der Waals surface area contributed by atoms with E-state index in [1.165, 1.54) is 31.2 Å². The zero-order valence-electron chi connectivity index (χ0n) is 14.2. The second kappa shape index (κ2) is 5.93. The van der Waals surface area contributed by atoms with Crippen LogP contribution in [0.4, 0.5) is 0 Å². The highest BCUT2D eigenvalue weighted by Gasteiger charge is 2.42. The fraction of sp³-hybridized carbons (Fsp3) is 0.778. The van der Waals surface area contributed by atoms with Gasteiger partial charge in [0, 0.05) is 44.9 Å². The van der Waals surface area contributed by atoms with Crippen LogP contribution in [0.3, 0.4) is 0 Å². The van der Waals surface area contributed by atoms with Crippen LogP contribution in [0.15, 0.2) is 12.4 Å². The lowest BCUT2D eigenvalue weighted by molar-refractivity contribution is -0.139. The van der Waals surface area contributed by atoms with Crippen LogP contribution >= 0.6 is 0 Å². The Hall–Kier alpha value is -1.36. The third-order valence-electron chi connectivity index (χ3n) is 6.00. The Kier molecular flexibility index (Phi) is 3.92. The molecule has 3 heterocycles. The summed E-state index contributed by atoms with van der Waals surface area (Å²) in [7, 11) is 1.97. The van der Waals surface area contributed by atoms with Crippen molar-refractivity contribution in [2.75, 3.05) is 26.2 Å². The lowest BCUT2D eigenvalue weighted by Gasteiger charge is -2.47. The monoisotopic (exact) mass is 316 g/mol. The van der Waals surface area contributed by atoms with E-state index < -0.39 is 0 Å². The van der Waals surface area contributed by atoms with Crippen molar-refractivity contribution in [3.8, 4) is 0 Å². The topological polar surface area (TPSA) is 41.4 Å². The van der Waals surface area contributed by atoms with Gasteiger partial charge in [-0.25, -0.2) is 0 Å². The molecule has 1 aromatic heterocycles. The molecule has 0 aromatic carbocycles. The highest BCUT2D eigenvalue weighted by molar-refractivity contribution is 5.77. The van der Waals surface area contributed by atoms with E-state index in [1.807, 2.05) is 17.9 Å². The van der Waals surface area contributed by atoms with Crippen molar-refractivity contribution >= 4 is 5.91 Å². The van der Waals surface area contributed by atoms with Gasteiger partial charge in [0.2, 0.25) is 5.91 Å². The van der Waals surface area contributed by atoms with Crippen molar-refractivity contribution < 1.29 is 4.79 Å². The number of aryl methyl sites for hydroxylation is 1. The summed E-state index contributed by atoms with van der Waals surface area (Å²) in [5, 5.41) is 4.26. The van der Waals surface area contributed by atoms with E-state index >= 15 is 0 Å². The van der Waals surface area contributed by atoms with E-state index in [-0.39, 0.29) is 0 Å². The summed E-state index contributed by atoms with van der Waals surface area (Å²) in [5.74, 6) is 1.21. The molecule has 23 heavy (non-hydrogen) atoms. The SMILES string of the molecule is Cn1cc(CN2CCC3(CCC(=O)N(CC4CC4)C3)CC2)cn1. The van der Waals surface area contributed by atoms with Crippen LogP contribution in [-0.4, -0.2) is 51.7 Å². The molecule has 0 radical (unpaired) electrons. The predicted molar refractivity (Wildman–Crippen MR) is 88.7 cm³/mol. The number of nitrogens with zero attached hydrogens (tertiary/aromatic N) is 4. The molecule has 4 rings (SSSR count). The highest BCUT2D eigenvalue weighted by atomic mass is 16.2. The summed E-state index contributed by atoms with van der Waals surface area (Å²) in [5.41, 5.74) is 1.70. The fourth-order valence-corrected chi connectivity index (χ4v) is 4.29. The number of carbonyl (C=O) groups excluding carboxylic acids is 1. The molecule has 0 N–H and O–H groups in total. The second-order valence-corrected chi connectivity index (χ2v) is 8.02. The minimum absolute atomic E-state index is 0.397. The molecular weight excluding hydrogens is 288 g/mol. The summed E-state index contributed by atoms with van der Waals surface area (Å²) in [6.07, 6.45) is 11.1. The number of carbonyl (C=O) groups is 1. The summed E-state index contributed by atoms with van der Waals surface area (Å²) in [6, 6.07) is 0. The van der Waals surface area contributed by atoms with Crippen LogP contribution in [-0.2, 0) is 18.4 Å². The first-order valence-corrected chi connectivity index (χ1v) is 9.10. The fourth-order valence-electron chi connectivity index (χ4n) is 4.29. The molecule has 2 aliphatic heterocycles. The van der Waals surface area contributed by atoms with Crippen molar-refractivity contribution in [2.45, 2.75) is 45.1 Å². The second-order valence-electron chi connectivity index (χ2n) is 8.02. The summed E-state index contributed by atoms with van der Waals surface area (Å²) >= 11 is 0. The van der Waals surface area contributed by atoms with Gasteiger partial charge in [-0.1, -0.05) is 0 Å². The van der Waals surface area contributed by atoms with Crippen molar-refractivity contribution in [2.24, 2.45) is 18.4 Å². The molecule has 1 saturated carbocycles. The molecule has 1 aliphatic carbocycles. The molecule has 3 fully saturated rings. The van der Waals surface area contributed by atoms with Crippen LogP contribution in [0.5, 0.6) is 0 Å². The molecular formula is C18H28N4O. The predicted octanol–water partition coefficient (Wildman–Crippen LogP) is 2.03. The Morgan fingerprint density at radius 1 is 1.26 bits per heavy atom. The average Bonchev–Trinajstić information content (AvgIpc) is 3.27. The zero-order valence-corrected chi connectivity index (χ0v) is 14.2. The van der Waals surface area contributed by atoms with Crippen LogP contribution in [0.25, 0.3) is 0 Å². The molecule has 0 atom stereocenters. The molecule has 0 unspecified atom stereocenters. The maximum absolute atomic E-state index is 12.2. The van der Waals surface area contributed by atoms with Gasteiger partial charge in [-0.15, -0.1) is 0 Å². The van der Waals surface area contributed by atoms with Gasteiger partial charge >= 0.3 is 0 Å². The number of hydrogen-bond acceptors (Lipinski definition) is 3. The maximum Gasteiger partial charge on any atom is 0.222 e. The first-order valence-electron chi connectivity index (χ1n) is 9.10. The number of rotatable bonds is 4. The maximum atomic E-state index is 12.2.